The number of piperazine rings is 1. The first-order chi connectivity index (χ1) is 11.1. The molecular weight excluding hydrogens is 290 g/mol. The Morgan fingerprint density at radius 2 is 1.74 bits per heavy atom. The summed E-state index contributed by atoms with van der Waals surface area (Å²) < 4.78 is 5.59. The number of pyridine rings is 1. The zero-order chi connectivity index (χ0) is 16.4. The van der Waals surface area contributed by atoms with E-state index in [1.165, 1.54) is 5.56 Å². The first kappa shape index (κ1) is 15.7. The van der Waals surface area contributed by atoms with E-state index in [1.807, 2.05) is 50.2 Å². The van der Waals surface area contributed by atoms with Crippen LogP contribution in [-0.4, -0.2) is 46.9 Å². The van der Waals surface area contributed by atoms with Crippen molar-refractivity contribution in [3.63, 3.8) is 0 Å². The predicted molar refractivity (Wildman–Crippen MR) is 88.3 cm³/mol. The zero-order valence-electron chi connectivity index (χ0n) is 14.0. The van der Waals surface area contributed by atoms with Gasteiger partial charge in [0.05, 0.1) is 5.56 Å². The lowest BCUT2D eigenvalue weighted by Crippen LogP contribution is -2.48. The molecule has 1 amide bonds. The molecule has 0 spiro atoms. The normalized spacial score (nSPS) is 15.9. The van der Waals surface area contributed by atoms with Gasteiger partial charge in [0.25, 0.3) is 5.91 Å². The number of rotatable bonds is 3. The molecule has 122 valence electrons. The Labute approximate surface area is 136 Å². The molecule has 0 saturated carbocycles. The largest absolute Gasteiger partial charge is 0.466 e. The standard InChI is InChI=1S/C18H23N3O2/c1-13-14(2)23-15(3)17(13)18(22)21-10-8-20(9-11-21)12-16-4-6-19-7-5-16/h4-7H,8-12H2,1-3H3. The van der Waals surface area contributed by atoms with E-state index in [-0.39, 0.29) is 5.91 Å². The van der Waals surface area contributed by atoms with Gasteiger partial charge in [-0.1, -0.05) is 0 Å². The van der Waals surface area contributed by atoms with Crippen molar-refractivity contribution in [2.24, 2.45) is 0 Å². The molecule has 1 saturated heterocycles. The van der Waals surface area contributed by atoms with E-state index in [0.717, 1.165) is 55.4 Å². The summed E-state index contributed by atoms with van der Waals surface area (Å²) >= 11 is 0. The molecule has 1 aliphatic rings. The lowest BCUT2D eigenvalue weighted by Gasteiger charge is -2.34. The van der Waals surface area contributed by atoms with Gasteiger partial charge in [-0.25, -0.2) is 0 Å². The Morgan fingerprint density at radius 3 is 2.30 bits per heavy atom. The molecule has 0 bridgehead atoms. The second-order valence-corrected chi connectivity index (χ2v) is 6.14. The van der Waals surface area contributed by atoms with Gasteiger partial charge >= 0.3 is 0 Å². The quantitative estimate of drug-likeness (QED) is 0.874. The van der Waals surface area contributed by atoms with E-state index >= 15 is 0 Å². The Balaban J connectivity index is 1.61. The smallest absolute Gasteiger partial charge is 0.257 e. The SMILES string of the molecule is Cc1oc(C)c(C(=O)N2CCN(Cc3ccncc3)CC2)c1C. The van der Waals surface area contributed by atoms with E-state index in [4.69, 9.17) is 4.42 Å². The minimum absolute atomic E-state index is 0.0976. The lowest BCUT2D eigenvalue weighted by molar-refractivity contribution is 0.0626. The first-order valence-electron chi connectivity index (χ1n) is 8.03. The highest BCUT2D eigenvalue weighted by Crippen LogP contribution is 2.23. The number of aryl methyl sites for hydroxylation is 2. The van der Waals surface area contributed by atoms with E-state index in [2.05, 4.69) is 9.88 Å². The predicted octanol–water partition coefficient (Wildman–Crippen LogP) is 2.56. The van der Waals surface area contributed by atoms with Crippen LogP contribution >= 0.6 is 0 Å². The van der Waals surface area contributed by atoms with E-state index in [1.54, 1.807) is 0 Å². The van der Waals surface area contributed by atoms with Crippen molar-refractivity contribution in [3.05, 3.63) is 52.7 Å². The summed E-state index contributed by atoms with van der Waals surface area (Å²) in [5.74, 6) is 1.66. The minimum Gasteiger partial charge on any atom is -0.466 e. The molecule has 3 heterocycles. The summed E-state index contributed by atoms with van der Waals surface area (Å²) in [6.45, 7) is 9.94. The van der Waals surface area contributed by atoms with Gasteiger partial charge in [0.2, 0.25) is 0 Å². The fourth-order valence-corrected chi connectivity index (χ4v) is 3.12. The zero-order valence-corrected chi connectivity index (χ0v) is 14.0. The maximum Gasteiger partial charge on any atom is 0.257 e. The number of carbonyl (C=O) groups is 1. The monoisotopic (exact) mass is 313 g/mol. The highest BCUT2D eigenvalue weighted by atomic mass is 16.3. The minimum atomic E-state index is 0.0976. The molecule has 1 aliphatic heterocycles. The van der Waals surface area contributed by atoms with Crippen molar-refractivity contribution < 1.29 is 9.21 Å². The van der Waals surface area contributed by atoms with E-state index < -0.39 is 0 Å². The molecule has 0 aromatic carbocycles. The summed E-state index contributed by atoms with van der Waals surface area (Å²) in [4.78, 5) is 21.1. The summed E-state index contributed by atoms with van der Waals surface area (Å²) in [5, 5.41) is 0. The summed E-state index contributed by atoms with van der Waals surface area (Å²) in [6.07, 6.45) is 3.64. The van der Waals surface area contributed by atoms with Crippen LogP contribution in [0.1, 0.15) is 33.0 Å². The topological polar surface area (TPSA) is 49.6 Å². The number of amides is 1. The molecule has 0 radical (unpaired) electrons. The second-order valence-electron chi connectivity index (χ2n) is 6.14. The van der Waals surface area contributed by atoms with Crippen LogP contribution in [0.15, 0.2) is 28.9 Å². The average Bonchev–Trinajstić information content (AvgIpc) is 2.81. The van der Waals surface area contributed by atoms with Crippen LogP contribution < -0.4 is 0 Å². The number of aromatic nitrogens is 1. The van der Waals surface area contributed by atoms with Gasteiger partial charge in [0.1, 0.15) is 11.5 Å². The number of carbonyl (C=O) groups excluding carboxylic acids is 1. The molecule has 3 rings (SSSR count). The first-order valence-corrected chi connectivity index (χ1v) is 8.03. The van der Waals surface area contributed by atoms with Crippen molar-refractivity contribution >= 4 is 5.91 Å². The Kier molecular flexibility index (Phi) is 4.48. The highest BCUT2D eigenvalue weighted by Gasteiger charge is 2.26. The number of furan rings is 1. The molecule has 0 atom stereocenters. The van der Waals surface area contributed by atoms with Crippen molar-refractivity contribution in [2.75, 3.05) is 26.2 Å². The molecule has 5 nitrogen and oxygen atoms in total. The highest BCUT2D eigenvalue weighted by molar-refractivity contribution is 5.97. The molecule has 0 N–H and O–H groups in total. The fraction of sp³-hybridized carbons (Fsp3) is 0.444. The van der Waals surface area contributed by atoms with Gasteiger partial charge in [0.15, 0.2) is 0 Å². The third-order valence-corrected chi connectivity index (χ3v) is 4.59. The summed E-state index contributed by atoms with van der Waals surface area (Å²) in [5.41, 5.74) is 2.97. The lowest BCUT2D eigenvalue weighted by atomic mass is 10.1. The molecule has 2 aromatic rings. The van der Waals surface area contributed by atoms with Gasteiger partial charge in [-0.2, -0.15) is 0 Å². The van der Waals surface area contributed by atoms with Crippen molar-refractivity contribution in [1.29, 1.82) is 0 Å². The molecule has 0 unspecified atom stereocenters. The second kappa shape index (κ2) is 6.54. The average molecular weight is 313 g/mol. The Hall–Kier alpha value is -2.14. The number of nitrogens with zero attached hydrogens (tertiary/aromatic N) is 3. The number of hydrogen-bond acceptors (Lipinski definition) is 4. The van der Waals surface area contributed by atoms with Gasteiger partial charge in [-0.05, 0) is 38.5 Å². The maximum atomic E-state index is 12.8. The third-order valence-electron chi connectivity index (χ3n) is 4.59. The number of hydrogen-bond donors (Lipinski definition) is 0. The third kappa shape index (κ3) is 3.29. The van der Waals surface area contributed by atoms with Crippen molar-refractivity contribution in [3.8, 4) is 0 Å². The van der Waals surface area contributed by atoms with E-state index in [0.29, 0.717) is 0 Å². The van der Waals surface area contributed by atoms with Gasteiger partial charge in [-0.15, -0.1) is 0 Å². The Bertz CT molecular complexity index is 686. The van der Waals surface area contributed by atoms with Gasteiger partial charge in [0, 0.05) is 50.7 Å². The van der Waals surface area contributed by atoms with Crippen LogP contribution in [0, 0.1) is 20.8 Å². The van der Waals surface area contributed by atoms with Gasteiger partial charge in [-0.3, -0.25) is 14.7 Å². The Morgan fingerprint density at radius 1 is 1.09 bits per heavy atom. The van der Waals surface area contributed by atoms with Crippen molar-refractivity contribution in [2.45, 2.75) is 27.3 Å². The van der Waals surface area contributed by atoms with Crippen LogP contribution in [0.3, 0.4) is 0 Å². The molecule has 0 aliphatic carbocycles. The molecule has 1 fully saturated rings. The molecular formula is C18H23N3O2. The molecule has 2 aromatic heterocycles. The van der Waals surface area contributed by atoms with Crippen LogP contribution in [-0.2, 0) is 6.54 Å². The fourth-order valence-electron chi connectivity index (χ4n) is 3.12. The van der Waals surface area contributed by atoms with Crippen LogP contribution in [0.4, 0.5) is 0 Å². The molecule has 23 heavy (non-hydrogen) atoms. The summed E-state index contributed by atoms with van der Waals surface area (Å²) in [6, 6.07) is 4.08. The van der Waals surface area contributed by atoms with Crippen molar-refractivity contribution in [1.82, 2.24) is 14.8 Å². The van der Waals surface area contributed by atoms with Crippen LogP contribution in [0.5, 0.6) is 0 Å². The van der Waals surface area contributed by atoms with Crippen LogP contribution in [0.25, 0.3) is 0 Å². The maximum absolute atomic E-state index is 12.8. The van der Waals surface area contributed by atoms with Gasteiger partial charge < -0.3 is 9.32 Å². The van der Waals surface area contributed by atoms with Crippen LogP contribution in [0.2, 0.25) is 0 Å². The van der Waals surface area contributed by atoms with E-state index in [9.17, 15) is 4.79 Å². The molecule has 5 heteroatoms. The summed E-state index contributed by atoms with van der Waals surface area (Å²) in [7, 11) is 0.